The number of hydrogen-bond acceptors (Lipinski definition) is 3. The minimum atomic E-state index is -0.291. The van der Waals surface area contributed by atoms with Gasteiger partial charge < -0.3 is 5.32 Å². The minimum Gasteiger partial charge on any atom is -0.302 e. The summed E-state index contributed by atoms with van der Waals surface area (Å²) in [4.78, 5) is 17.8. The van der Waals surface area contributed by atoms with E-state index in [1.54, 1.807) is 23.5 Å². The van der Waals surface area contributed by atoms with Gasteiger partial charge in [-0.3, -0.25) is 4.79 Å². The zero-order valence-electron chi connectivity index (χ0n) is 11.9. The molecule has 0 aliphatic heterocycles. The van der Waals surface area contributed by atoms with E-state index in [-0.39, 0.29) is 18.1 Å². The molecule has 21 heavy (non-hydrogen) atoms. The van der Waals surface area contributed by atoms with E-state index in [9.17, 15) is 9.18 Å². The molecule has 1 aliphatic carbocycles. The Balaban J connectivity index is 1.64. The van der Waals surface area contributed by atoms with Gasteiger partial charge in [-0.05, 0) is 42.9 Å². The summed E-state index contributed by atoms with van der Waals surface area (Å²) >= 11 is 1.58. The molecule has 0 bridgehead atoms. The van der Waals surface area contributed by atoms with E-state index in [4.69, 9.17) is 0 Å². The highest BCUT2D eigenvalue weighted by Crippen LogP contribution is 2.32. The number of halogens is 1. The molecular formula is C16H17FN2OS. The van der Waals surface area contributed by atoms with Gasteiger partial charge in [0.1, 0.15) is 5.82 Å². The number of nitrogens with one attached hydrogen (secondary N) is 1. The number of carbonyl (C=O) groups excluding carboxylic acids is 1. The number of nitrogens with zero attached hydrogens (tertiary/aromatic N) is 1. The van der Waals surface area contributed by atoms with Crippen molar-refractivity contribution in [1.82, 2.24) is 4.98 Å². The van der Waals surface area contributed by atoms with Crippen LogP contribution in [0, 0.1) is 11.7 Å². The van der Waals surface area contributed by atoms with Gasteiger partial charge in [-0.25, -0.2) is 9.37 Å². The summed E-state index contributed by atoms with van der Waals surface area (Å²) in [5.41, 5.74) is 1.93. The zero-order chi connectivity index (χ0) is 14.8. The molecule has 0 spiro atoms. The topological polar surface area (TPSA) is 42.0 Å². The molecular weight excluding hydrogens is 287 g/mol. The molecule has 3 rings (SSSR count). The van der Waals surface area contributed by atoms with Gasteiger partial charge in [0.15, 0.2) is 5.13 Å². The van der Waals surface area contributed by atoms with Gasteiger partial charge in [0.05, 0.1) is 12.1 Å². The monoisotopic (exact) mass is 304 g/mol. The summed E-state index contributed by atoms with van der Waals surface area (Å²) in [5, 5.41) is 3.53. The van der Waals surface area contributed by atoms with Crippen molar-refractivity contribution in [3.05, 3.63) is 46.2 Å². The first-order chi connectivity index (χ1) is 10.1. The molecule has 2 aromatic rings. The Morgan fingerprint density at radius 2 is 2.19 bits per heavy atom. The molecule has 1 heterocycles. The van der Waals surface area contributed by atoms with Gasteiger partial charge in [-0.15, -0.1) is 11.3 Å². The van der Waals surface area contributed by atoms with Crippen LogP contribution < -0.4 is 5.32 Å². The van der Waals surface area contributed by atoms with Gasteiger partial charge >= 0.3 is 0 Å². The maximum absolute atomic E-state index is 12.8. The molecule has 3 nitrogen and oxygen atoms in total. The van der Waals surface area contributed by atoms with Crippen molar-refractivity contribution < 1.29 is 9.18 Å². The molecule has 0 saturated heterocycles. The van der Waals surface area contributed by atoms with Crippen LogP contribution in [-0.2, 0) is 24.1 Å². The van der Waals surface area contributed by atoms with Crippen molar-refractivity contribution in [2.24, 2.45) is 5.92 Å². The average Bonchev–Trinajstić information content (AvgIpc) is 2.82. The molecule has 1 amide bonds. The number of anilines is 1. The standard InChI is InChI=1S/C16H17FN2OS/c1-10-2-7-13-14(8-10)21-16(18-13)19-15(20)9-11-3-5-12(17)6-4-11/h3-6,10H,2,7-9H2,1H3,(H,18,19,20). The molecule has 0 radical (unpaired) electrons. The third kappa shape index (κ3) is 3.47. The highest BCUT2D eigenvalue weighted by atomic mass is 32.1. The number of benzene rings is 1. The van der Waals surface area contributed by atoms with E-state index in [1.165, 1.54) is 23.4 Å². The molecule has 1 aliphatic rings. The van der Waals surface area contributed by atoms with Crippen LogP contribution in [0.3, 0.4) is 0 Å². The smallest absolute Gasteiger partial charge is 0.230 e. The van der Waals surface area contributed by atoms with Gasteiger partial charge in [0.25, 0.3) is 0 Å². The third-order valence-corrected chi connectivity index (χ3v) is 4.75. The number of rotatable bonds is 3. The SMILES string of the molecule is CC1CCc2nc(NC(=O)Cc3ccc(F)cc3)sc2C1. The van der Waals surface area contributed by atoms with Crippen LogP contribution in [0.25, 0.3) is 0 Å². The van der Waals surface area contributed by atoms with Crippen molar-refractivity contribution in [1.29, 1.82) is 0 Å². The van der Waals surface area contributed by atoms with Crippen molar-refractivity contribution in [3.63, 3.8) is 0 Å². The normalized spacial score (nSPS) is 17.3. The molecule has 1 N–H and O–H groups in total. The summed E-state index contributed by atoms with van der Waals surface area (Å²) in [6.07, 6.45) is 3.46. The van der Waals surface area contributed by atoms with Crippen LogP contribution in [0.5, 0.6) is 0 Å². The van der Waals surface area contributed by atoms with Crippen molar-refractivity contribution in [2.75, 3.05) is 5.32 Å². The largest absolute Gasteiger partial charge is 0.302 e. The lowest BCUT2D eigenvalue weighted by Gasteiger charge is -2.15. The van der Waals surface area contributed by atoms with Crippen LogP contribution in [0.15, 0.2) is 24.3 Å². The number of aromatic nitrogens is 1. The fourth-order valence-corrected chi connectivity index (χ4v) is 3.73. The van der Waals surface area contributed by atoms with Crippen LogP contribution in [0.2, 0.25) is 0 Å². The molecule has 1 aromatic carbocycles. The Bertz CT molecular complexity index is 651. The Labute approximate surface area is 127 Å². The van der Waals surface area contributed by atoms with E-state index in [0.717, 1.165) is 24.1 Å². The van der Waals surface area contributed by atoms with Crippen LogP contribution in [-0.4, -0.2) is 10.9 Å². The minimum absolute atomic E-state index is 0.110. The van der Waals surface area contributed by atoms with E-state index in [2.05, 4.69) is 17.2 Å². The Morgan fingerprint density at radius 1 is 1.43 bits per heavy atom. The Hall–Kier alpha value is -1.75. The maximum Gasteiger partial charge on any atom is 0.230 e. The van der Waals surface area contributed by atoms with Crippen LogP contribution in [0.1, 0.15) is 29.5 Å². The van der Waals surface area contributed by atoms with Gasteiger partial charge in [0.2, 0.25) is 5.91 Å². The maximum atomic E-state index is 12.8. The summed E-state index contributed by atoms with van der Waals surface area (Å²) in [6, 6.07) is 5.99. The lowest BCUT2D eigenvalue weighted by atomic mass is 9.93. The lowest BCUT2D eigenvalue weighted by molar-refractivity contribution is -0.115. The number of hydrogen-bond donors (Lipinski definition) is 1. The molecule has 0 fully saturated rings. The van der Waals surface area contributed by atoms with E-state index in [0.29, 0.717) is 11.0 Å². The molecule has 110 valence electrons. The van der Waals surface area contributed by atoms with E-state index >= 15 is 0 Å². The fourth-order valence-electron chi connectivity index (χ4n) is 2.54. The van der Waals surface area contributed by atoms with Crippen molar-refractivity contribution in [2.45, 2.75) is 32.6 Å². The average molecular weight is 304 g/mol. The number of fused-ring (bicyclic) bond motifs is 1. The predicted octanol–water partition coefficient (Wildman–Crippen LogP) is 3.59. The highest BCUT2D eigenvalue weighted by Gasteiger charge is 2.20. The molecule has 5 heteroatoms. The summed E-state index contributed by atoms with van der Waals surface area (Å²) in [7, 11) is 0. The van der Waals surface area contributed by atoms with Gasteiger partial charge in [-0.2, -0.15) is 0 Å². The molecule has 1 aromatic heterocycles. The van der Waals surface area contributed by atoms with Crippen molar-refractivity contribution >= 4 is 22.4 Å². The second kappa shape index (κ2) is 5.93. The second-order valence-electron chi connectivity index (χ2n) is 5.59. The lowest BCUT2D eigenvalue weighted by Crippen LogP contribution is -2.14. The highest BCUT2D eigenvalue weighted by molar-refractivity contribution is 7.15. The number of amides is 1. The second-order valence-corrected chi connectivity index (χ2v) is 6.67. The van der Waals surface area contributed by atoms with E-state index < -0.39 is 0 Å². The first-order valence-electron chi connectivity index (χ1n) is 7.13. The molecule has 1 unspecified atom stereocenters. The zero-order valence-corrected chi connectivity index (χ0v) is 12.7. The van der Waals surface area contributed by atoms with E-state index in [1.807, 2.05) is 0 Å². The summed E-state index contributed by atoms with van der Waals surface area (Å²) in [6.45, 7) is 2.25. The Kier molecular flexibility index (Phi) is 4.01. The number of thiazole rings is 1. The molecule has 0 saturated carbocycles. The summed E-state index contributed by atoms with van der Waals surface area (Å²) in [5.74, 6) is 0.294. The van der Waals surface area contributed by atoms with Crippen molar-refractivity contribution in [3.8, 4) is 0 Å². The molecule has 1 atom stereocenters. The third-order valence-electron chi connectivity index (χ3n) is 3.71. The van der Waals surface area contributed by atoms with Gasteiger partial charge in [0, 0.05) is 4.88 Å². The number of aryl methyl sites for hydroxylation is 1. The number of carbonyl (C=O) groups is 1. The predicted molar refractivity (Wildman–Crippen MR) is 82.0 cm³/mol. The first-order valence-corrected chi connectivity index (χ1v) is 7.94. The van der Waals surface area contributed by atoms with Gasteiger partial charge in [-0.1, -0.05) is 19.1 Å². The van der Waals surface area contributed by atoms with Crippen LogP contribution in [0.4, 0.5) is 9.52 Å². The first kappa shape index (κ1) is 14.2. The summed E-state index contributed by atoms with van der Waals surface area (Å²) < 4.78 is 12.8. The quantitative estimate of drug-likeness (QED) is 0.941. The van der Waals surface area contributed by atoms with Crippen LogP contribution >= 0.6 is 11.3 Å². The fraction of sp³-hybridized carbons (Fsp3) is 0.375. The Morgan fingerprint density at radius 3 is 2.95 bits per heavy atom.